The molecule has 0 saturated heterocycles. The van der Waals surface area contributed by atoms with Gasteiger partial charge < -0.3 is 15.8 Å². The van der Waals surface area contributed by atoms with Gasteiger partial charge in [-0.15, -0.1) is 0 Å². The average Bonchev–Trinajstić information content (AvgIpc) is 2.49. The normalized spacial score (nSPS) is 11.9. The molecule has 0 aliphatic carbocycles. The lowest BCUT2D eigenvalue weighted by Gasteiger charge is -2.21. The number of ether oxygens (including phenoxy) is 1. The van der Waals surface area contributed by atoms with Gasteiger partial charge in [0.05, 0.1) is 6.04 Å². The van der Waals surface area contributed by atoms with Crippen LogP contribution in [0.3, 0.4) is 0 Å². The zero-order valence-corrected chi connectivity index (χ0v) is 12.1. The maximum absolute atomic E-state index is 10.6. The molecule has 0 saturated carbocycles. The summed E-state index contributed by atoms with van der Waals surface area (Å²) in [5.74, 6) is 0. The highest BCUT2D eigenvalue weighted by atomic mass is 16.5. The van der Waals surface area contributed by atoms with Gasteiger partial charge in [0.2, 0.25) is 0 Å². The SMILES string of the molecule is Cc1ccccc1C(NCCOC(N)=O)c1ccccc1. The van der Waals surface area contributed by atoms with Gasteiger partial charge in [-0.05, 0) is 23.6 Å². The van der Waals surface area contributed by atoms with Crippen LogP contribution in [0.2, 0.25) is 0 Å². The van der Waals surface area contributed by atoms with Crippen LogP contribution >= 0.6 is 0 Å². The van der Waals surface area contributed by atoms with Crippen molar-refractivity contribution in [1.82, 2.24) is 5.32 Å². The van der Waals surface area contributed by atoms with E-state index in [-0.39, 0.29) is 12.6 Å². The number of amides is 1. The molecule has 1 unspecified atom stereocenters. The summed E-state index contributed by atoms with van der Waals surface area (Å²) in [6, 6.07) is 18.5. The molecule has 0 spiro atoms. The van der Waals surface area contributed by atoms with Gasteiger partial charge in [-0.1, -0.05) is 54.6 Å². The predicted octanol–water partition coefficient (Wildman–Crippen LogP) is 2.77. The van der Waals surface area contributed by atoms with E-state index in [1.54, 1.807) is 0 Å². The zero-order valence-electron chi connectivity index (χ0n) is 12.1. The number of primary amides is 1. The number of aryl methyl sites for hydroxylation is 1. The number of carbonyl (C=O) groups excluding carboxylic acids is 1. The summed E-state index contributed by atoms with van der Waals surface area (Å²) < 4.78 is 4.77. The minimum Gasteiger partial charge on any atom is -0.448 e. The van der Waals surface area contributed by atoms with Crippen LogP contribution in [-0.4, -0.2) is 19.2 Å². The topological polar surface area (TPSA) is 64.3 Å². The van der Waals surface area contributed by atoms with Crippen molar-refractivity contribution in [2.24, 2.45) is 5.73 Å². The molecule has 0 aliphatic heterocycles. The van der Waals surface area contributed by atoms with E-state index < -0.39 is 6.09 Å². The largest absolute Gasteiger partial charge is 0.448 e. The predicted molar refractivity (Wildman–Crippen MR) is 83.0 cm³/mol. The summed E-state index contributed by atoms with van der Waals surface area (Å²) in [7, 11) is 0. The molecule has 110 valence electrons. The van der Waals surface area contributed by atoms with Gasteiger partial charge in [-0.25, -0.2) is 4.79 Å². The smallest absolute Gasteiger partial charge is 0.404 e. The molecule has 2 aromatic rings. The number of nitrogens with one attached hydrogen (secondary N) is 1. The number of carbonyl (C=O) groups is 1. The van der Waals surface area contributed by atoms with Gasteiger partial charge in [0, 0.05) is 6.54 Å². The first-order valence-corrected chi connectivity index (χ1v) is 6.94. The van der Waals surface area contributed by atoms with E-state index >= 15 is 0 Å². The van der Waals surface area contributed by atoms with Gasteiger partial charge in [0.1, 0.15) is 6.61 Å². The molecule has 2 aromatic carbocycles. The molecule has 1 amide bonds. The van der Waals surface area contributed by atoms with E-state index in [1.165, 1.54) is 16.7 Å². The first-order valence-electron chi connectivity index (χ1n) is 6.94. The van der Waals surface area contributed by atoms with Crippen molar-refractivity contribution < 1.29 is 9.53 Å². The molecule has 21 heavy (non-hydrogen) atoms. The molecule has 0 heterocycles. The Kier molecular flexibility index (Phi) is 5.35. The van der Waals surface area contributed by atoms with Crippen LogP contribution in [0.5, 0.6) is 0 Å². The Balaban J connectivity index is 2.16. The lowest BCUT2D eigenvalue weighted by atomic mass is 9.95. The van der Waals surface area contributed by atoms with Crippen molar-refractivity contribution in [3.05, 3.63) is 71.3 Å². The molecule has 0 fully saturated rings. The van der Waals surface area contributed by atoms with Gasteiger partial charge in [-0.3, -0.25) is 0 Å². The van der Waals surface area contributed by atoms with Crippen LogP contribution in [0.1, 0.15) is 22.7 Å². The van der Waals surface area contributed by atoms with E-state index in [9.17, 15) is 4.79 Å². The van der Waals surface area contributed by atoms with E-state index in [0.29, 0.717) is 6.54 Å². The Bertz CT molecular complexity index is 584. The Morgan fingerprint density at radius 1 is 1.14 bits per heavy atom. The third-order valence-corrected chi connectivity index (χ3v) is 3.33. The summed E-state index contributed by atoms with van der Waals surface area (Å²) in [5.41, 5.74) is 8.57. The Hall–Kier alpha value is -2.33. The first kappa shape index (κ1) is 15.1. The number of nitrogens with two attached hydrogens (primary N) is 1. The lowest BCUT2D eigenvalue weighted by molar-refractivity contribution is 0.156. The minimum atomic E-state index is -0.746. The van der Waals surface area contributed by atoms with E-state index in [4.69, 9.17) is 10.5 Å². The second-order valence-electron chi connectivity index (χ2n) is 4.82. The van der Waals surface area contributed by atoms with Crippen molar-refractivity contribution in [3.8, 4) is 0 Å². The molecule has 1 atom stereocenters. The summed E-state index contributed by atoms with van der Waals surface area (Å²) in [6.07, 6.45) is -0.746. The highest BCUT2D eigenvalue weighted by Gasteiger charge is 2.14. The van der Waals surface area contributed by atoms with Gasteiger partial charge in [0.15, 0.2) is 0 Å². The summed E-state index contributed by atoms with van der Waals surface area (Å²) in [5, 5.41) is 3.42. The maximum atomic E-state index is 10.6. The molecule has 2 rings (SSSR count). The van der Waals surface area contributed by atoms with Crippen LogP contribution in [0, 0.1) is 6.92 Å². The molecule has 4 heteroatoms. The fourth-order valence-corrected chi connectivity index (χ4v) is 2.32. The van der Waals surface area contributed by atoms with Crippen LogP contribution < -0.4 is 11.1 Å². The number of hydrogen-bond acceptors (Lipinski definition) is 3. The number of hydrogen-bond donors (Lipinski definition) is 2. The van der Waals surface area contributed by atoms with Crippen molar-refractivity contribution in [1.29, 1.82) is 0 Å². The van der Waals surface area contributed by atoms with Crippen molar-refractivity contribution in [2.45, 2.75) is 13.0 Å². The minimum absolute atomic E-state index is 0.0591. The molecule has 4 nitrogen and oxygen atoms in total. The van der Waals surface area contributed by atoms with Gasteiger partial charge in [0.25, 0.3) is 0 Å². The summed E-state index contributed by atoms with van der Waals surface area (Å²) >= 11 is 0. The van der Waals surface area contributed by atoms with Crippen LogP contribution in [0.25, 0.3) is 0 Å². The summed E-state index contributed by atoms with van der Waals surface area (Å²) in [6.45, 7) is 2.88. The molecule has 0 aromatic heterocycles. The first-order chi connectivity index (χ1) is 10.2. The standard InChI is InChI=1S/C17H20N2O2/c1-13-7-5-6-10-15(13)16(14-8-3-2-4-9-14)19-11-12-21-17(18)20/h2-10,16,19H,11-12H2,1H3,(H2,18,20). The maximum Gasteiger partial charge on any atom is 0.404 e. The second-order valence-corrected chi connectivity index (χ2v) is 4.82. The quantitative estimate of drug-likeness (QED) is 0.802. The Morgan fingerprint density at radius 3 is 2.48 bits per heavy atom. The van der Waals surface area contributed by atoms with E-state index in [0.717, 1.165) is 0 Å². The van der Waals surface area contributed by atoms with Crippen molar-refractivity contribution >= 4 is 6.09 Å². The summed E-state index contributed by atoms with van der Waals surface area (Å²) in [4.78, 5) is 10.6. The highest BCUT2D eigenvalue weighted by Crippen LogP contribution is 2.24. The zero-order chi connectivity index (χ0) is 15.1. The van der Waals surface area contributed by atoms with Crippen LogP contribution in [-0.2, 0) is 4.74 Å². The van der Waals surface area contributed by atoms with Crippen molar-refractivity contribution in [2.75, 3.05) is 13.2 Å². The molecule has 0 aliphatic rings. The number of benzene rings is 2. The Morgan fingerprint density at radius 2 is 1.81 bits per heavy atom. The molecular weight excluding hydrogens is 264 g/mol. The average molecular weight is 284 g/mol. The Labute approximate surface area is 124 Å². The monoisotopic (exact) mass is 284 g/mol. The third-order valence-electron chi connectivity index (χ3n) is 3.33. The van der Waals surface area contributed by atoms with Crippen molar-refractivity contribution in [3.63, 3.8) is 0 Å². The fraction of sp³-hybridized carbons (Fsp3) is 0.235. The number of rotatable bonds is 6. The molecule has 0 bridgehead atoms. The fourth-order valence-electron chi connectivity index (χ4n) is 2.32. The molecule has 0 radical (unpaired) electrons. The van der Waals surface area contributed by atoms with Crippen LogP contribution in [0.15, 0.2) is 54.6 Å². The molecule has 3 N–H and O–H groups in total. The highest BCUT2D eigenvalue weighted by molar-refractivity contribution is 5.64. The van der Waals surface area contributed by atoms with Crippen LogP contribution in [0.4, 0.5) is 4.79 Å². The third kappa shape index (κ3) is 4.33. The van der Waals surface area contributed by atoms with Gasteiger partial charge in [-0.2, -0.15) is 0 Å². The lowest BCUT2D eigenvalue weighted by Crippen LogP contribution is -2.28. The molecular formula is C17H20N2O2. The van der Waals surface area contributed by atoms with E-state index in [1.807, 2.05) is 30.3 Å². The van der Waals surface area contributed by atoms with E-state index in [2.05, 4.69) is 36.5 Å². The van der Waals surface area contributed by atoms with Gasteiger partial charge >= 0.3 is 6.09 Å². The second kappa shape index (κ2) is 7.45.